The highest BCUT2D eigenvalue weighted by Crippen LogP contribution is 2.31. The molecular formula is C19H29IN6O. The summed E-state index contributed by atoms with van der Waals surface area (Å²) < 4.78 is 7.72. The number of ether oxygens (including phenoxy) is 1. The number of rotatable bonds is 5. The quantitative estimate of drug-likeness (QED) is 0.388. The molecule has 27 heavy (non-hydrogen) atoms. The fourth-order valence-electron chi connectivity index (χ4n) is 2.85. The molecule has 7 nitrogen and oxygen atoms in total. The number of nitrogens with zero attached hydrogens (tertiary/aromatic N) is 4. The summed E-state index contributed by atoms with van der Waals surface area (Å²) in [7, 11) is 1.96. The van der Waals surface area contributed by atoms with Gasteiger partial charge in [-0.25, -0.2) is 4.99 Å². The molecule has 0 saturated carbocycles. The molecule has 0 spiro atoms. The molecule has 1 unspecified atom stereocenters. The van der Waals surface area contributed by atoms with Crippen molar-refractivity contribution in [2.45, 2.75) is 39.8 Å². The highest BCUT2D eigenvalue weighted by Gasteiger charge is 2.22. The zero-order chi connectivity index (χ0) is 18.5. The average Bonchev–Trinajstić information content (AvgIpc) is 2.96. The van der Waals surface area contributed by atoms with Gasteiger partial charge in [-0.2, -0.15) is 0 Å². The first-order valence-electron chi connectivity index (χ1n) is 9.16. The summed E-state index contributed by atoms with van der Waals surface area (Å²) >= 11 is 0. The normalized spacial score (nSPS) is 16.3. The standard InChI is InChI=1S/C19H28N6O.HI/c1-13(2)11-20-19(21-12-18-24-23-14(3)25(18)4)22-16-9-10-26-17-8-6-5-7-15(16)17;/h5-8,13,16H,9-12H2,1-4H3,(H2,20,21,22);1H. The predicted molar refractivity (Wildman–Crippen MR) is 118 cm³/mol. The molecule has 2 aromatic rings. The zero-order valence-corrected chi connectivity index (χ0v) is 18.7. The molecule has 3 rings (SSSR count). The molecule has 8 heteroatoms. The molecule has 1 aromatic heterocycles. The summed E-state index contributed by atoms with van der Waals surface area (Å²) in [5.74, 6) is 4.00. The number of aryl methyl sites for hydroxylation is 1. The van der Waals surface area contributed by atoms with E-state index in [9.17, 15) is 0 Å². The highest BCUT2D eigenvalue weighted by molar-refractivity contribution is 14.0. The first-order chi connectivity index (χ1) is 12.5. The van der Waals surface area contributed by atoms with Crippen molar-refractivity contribution < 1.29 is 4.74 Å². The molecule has 0 bridgehead atoms. The summed E-state index contributed by atoms with van der Waals surface area (Å²) in [4.78, 5) is 4.74. The Morgan fingerprint density at radius 1 is 1.33 bits per heavy atom. The fourth-order valence-corrected chi connectivity index (χ4v) is 2.85. The molecule has 0 amide bonds. The van der Waals surface area contributed by atoms with Crippen molar-refractivity contribution in [3.05, 3.63) is 41.5 Å². The molecular weight excluding hydrogens is 455 g/mol. The Labute approximate surface area is 178 Å². The number of guanidine groups is 1. The van der Waals surface area contributed by atoms with E-state index in [2.05, 4.69) is 40.7 Å². The second-order valence-electron chi connectivity index (χ2n) is 7.03. The molecule has 2 N–H and O–H groups in total. The van der Waals surface area contributed by atoms with E-state index in [1.54, 1.807) is 0 Å². The van der Waals surface area contributed by atoms with Crippen LogP contribution in [0.2, 0.25) is 0 Å². The Bertz CT molecular complexity index is 773. The van der Waals surface area contributed by atoms with Crippen LogP contribution in [-0.2, 0) is 13.6 Å². The monoisotopic (exact) mass is 484 g/mol. The number of para-hydroxylation sites is 1. The van der Waals surface area contributed by atoms with Gasteiger partial charge in [-0.1, -0.05) is 32.0 Å². The summed E-state index contributed by atoms with van der Waals surface area (Å²) in [6.45, 7) is 8.34. The minimum absolute atomic E-state index is 0. The molecule has 1 aliphatic rings. The molecule has 2 heterocycles. The van der Waals surface area contributed by atoms with Gasteiger partial charge in [0.05, 0.1) is 12.6 Å². The van der Waals surface area contributed by atoms with Gasteiger partial charge >= 0.3 is 0 Å². The van der Waals surface area contributed by atoms with E-state index in [-0.39, 0.29) is 30.0 Å². The van der Waals surface area contributed by atoms with Gasteiger partial charge in [0.25, 0.3) is 0 Å². The van der Waals surface area contributed by atoms with Crippen LogP contribution in [0.3, 0.4) is 0 Å². The van der Waals surface area contributed by atoms with E-state index >= 15 is 0 Å². The maximum Gasteiger partial charge on any atom is 0.192 e. The van der Waals surface area contributed by atoms with E-state index in [1.807, 2.05) is 36.7 Å². The van der Waals surface area contributed by atoms with E-state index < -0.39 is 0 Å². The van der Waals surface area contributed by atoms with Gasteiger partial charge in [0, 0.05) is 25.6 Å². The summed E-state index contributed by atoms with van der Waals surface area (Å²) in [5.41, 5.74) is 1.17. The number of hydrogen-bond acceptors (Lipinski definition) is 4. The van der Waals surface area contributed by atoms with E-state index in [1.165, 1.54) is 5.56 Å². The van der Waals surface area contributed by atoms with Gasteiger partial charge in [0.1, 0.15) is 18.1 Å². The van der Waals surface area contributed by atoms with Crippen LogP contribution in [0.4, 0.5) is 0 Å². The zero-order valence-electron chi connectivity index (χ0n) is 16.4. The minimum atomic E-state index is 0. The lowest BCUT2D eigenvalue weighted by atomic mass is 10.0. The van der Waals surface area contributed by atoms with Gasteiger partial charge in [-0.15, -0.1) is 34.2 Å². The Kier molecular flexibility index (Phi) is 7.88. The first-order valence-corrected chi connectivity index (χ1v) is 9.16. The minimum Gasteiger partial charge on any atom is -0.493 e. The second kappa shape index (κ2) is 9.91. The maximum absolute atomic E-state index is 5.76. The van der Waals surface area contributed by atoms with Crippen LogP contribution in [0.15, 0.2) is 29.3 Å². The SMILES string of the molecule is Cc1nnc(CN=C(NCC(C)C)NC2CCOc3ccccc32)n1C.I. The molecule has 0 fully saturated rings. The average molecular weight is 484 g/mol. The summed E-state index contributed by atoms with van der Waals surface area (Å²) in [6, 6.07) is 8.36. The van der Waals surface area contributed by atoms with Gasteiger partial charge < -0.3 is 19.9 Å². The number of benzene rings is 1. The van der Waals surface area contributed by atoms with Crippen molar-refractivity contribution >= 4 is 29.9 Å². The summed E-state index contributed by atoms with van der Waals surface area (Å²) in [5, 5.41) is 15.3. The fraction of sp³-hybridized carbons (Fsp3) is 0.526. The molecule has 1 aliphatic heterocycles. The second-order valence-corrected chi connectivity index (χ2v) is 7.03. The van der Waals surface area contributed by atoms with Crippen LogP contribution in [0.25, 0.3) is 0 Å². The lowest BCUT2D eigenvalue weighted by Gasteiger charge is -2.28. The van der Waals surface area contributed by atoms with Crippen molar-refractivity contribution in [1.29, 1.82) is 0 Å². The lowest BCUT2D eigenvalue weighted by Crippen LogP contribution is -2.42. The molecule has 0 radical (unpaired) electrons. The molecule has 0 aliphatic carbocycles. The van der Waals surface area contributed by atoms with Crippen LogP contribution in [0.1, 0.15) is 43.5 Å². The van der Waals surface area contributed by atoms with Crippen LogP contribution >= 0.6 is 24.0 Å². The van der Waals surface area contributed by atoms with Gasteiger partial charge in [0.2, 0.25) is 0 Å². The van der Waals surface area contributed by atoms with E-state index in [0.717, 1.165) is 36.3 Å². The topological polar surface area (TPSA) is 76.4 Å². The highest BCUT2D eigenvalue weighted by atomic mass is 127. The van der Waals surface area contributed by atoms with Crippen molar-refractivity contribution in [3.8, 4) is 5.75 Å². The first kappa shape index (κ1) is 21.5. The largest absolute Gasteiger partial charge is 0.493 e. The molecule has 148 valence electrons. The Hall–Kier alpha value is -1.84. The lowest BCUT2D eigenvalue weighted by molar-refractivity contribution is 0.261. The number of aliphatic imine (C=N–C) groups is 1. The van der Waals surface area contributed by atoms with Gasteiger partial charge in [-0.05, 0) is 18.9 Å². The van der Waals surface area contributed by atoms with Gasteiger partial charge in [0.15, 0.2) is 11.8 Å². The predicted octanol–water partition coefficient (Wildman–Crippen LogP) is 2.96. The summed E-state index contributed by atoms with van der Waals surface area (Å²) in [6.07, 6.45) is 0.905. The van der Waals surface area contributed by atoms with Crippen molar-refractivity contribution in [2.24, 2.45) is 18.0 Å². The van der Waals surface area contributed by atoms with E-state index in [4.69, 9.17) is 9.73 Å². The van der Waals surface area contributed by atoms with Crippen LogP contribution in [0.5, 0.6) is 5.75 Å². The van der Waals surface area contributed by atoms with Crippen molar-refractivity contribution in [3.63, 3.8) is 0 Å². The number of nitrogens with one attached hydrogen (secondary N) is 2. The number of hydrogen-bond donors (Lipinski definition) is 2. The van der Waals surface area contributed by atoms with Gasteiger partial charge in [-0.3, -0.25) is 0 Å². The molecule has 0 saturated heterocycles. The van der Waals surface area contributed by atoms with E-state index in [0.29, 0.717) is 19.1 Å². The molecule has 1 atom stereocenters. The number of fused-ring (bicyclic) bond motifs is 1. The van der Waals surface area contributed by atoms with Crippen LogP contribution in [-0.4, -0.2) is 33.9 Å². The van der Waals surface area contributed by atoms with Crippen LogP contribution < -0.4 is 15.4 Å². The molecule has 1 aromatic carbocycles. The third-order valence-electron chi connectivity index (χ3n) is 4.51. The Balaban J connectivity index is 0.00000261. The smallest absolute Gasteiger partial charge is 0.192 e. The van der Waals surface area contributed by atoms with Crippen LogP contribution in [0, 0.1) is 12.8 Å². The third-order valence-corrected chi connectivity index (χ3v) is 4.51. The Morgan fingerprint density at radius 3 is 2.81 bits per heavy atom. The maximum atomic E-state index is 5.76. The van der Waals surface area contributed by atoms with Crippen molar-refractivity contribution in [2.75, 3.05) is 13.2 Å². The number of halogens is 1. The number of aromatic nitrogens is 3. The Morgan fingerprint density at radius 2 is 2.11 bits per heavy atom. The third kappa shape index (κ3) is 5.57. The van der Waals surface area contributed by atoms with Crippen molar-refractivity contribution in [1.82, 2.24) is 25.4 Å².